The minimum Gasteiger partial charge on any atom is -0.479 e. The molecule has 0 saturated heterocycles. The van der Waals surface area contributed by atoms with E-state index in [0.717, 1.165) is 5.92 Å². The molecule has 1 atom stereocenters. The second kappa shape index (κ2) is 10.4. The highest BCUT2D eigenvalue weighted by molar-refractivity contribution is 5.75. The second-order valence-electron chi connectivity index (χ2n) is 9.18. The van der Waals surface area contributed by atoms with E-state index < -0.39 is 23.7 Å². The number of hydrogen-bond acceptors (Lipinski definition) is 3. The number of hydrogen-bond donors (Lipinski definition) is 0. The first-order valence-corrected chi connectivity index (χ1v) is 11.8. The van der Waals surface area contributed by atoms with Crippen LogP contribution in [0.1, 0.15) is 51.0 Å². The number of carbonyl (C=O) groups is 1. The molecular weight excluding hydrogens is 434 g/mol. The lowest BCUT2D eigenvalue weighted by Gasteiger charge is -2.26. The quantitative estimate of drug-likeness (QED) is 0.354. The summed E-state index contributed by atoms with van der Waals surface area (Å²) in [5, 5.41) is 0. The maximum atomic E-state index is 15.1. The van der Waals surface area contributed by atoms with Crippen molar-refractivity contribution in [3.8, 4) is 28.0 Å². The molecule has 0 aromatic heterocycles. The number of esters is 1. The predicted octanol–water partition coefficient (Wildman–Crippen LogP) is 7.53. The van der Waals surface area contributed by atoms with E-state index in [0.29, 0.717) is 22.8 Å². The summed E-state index contributed by atoms with van der Waals surface area (Å²) in [4.78, 5) is 11.5. The number of carbonyl (C=O) groups excluding carboxylic acids is 1. The maximum absolute atomic E-state index is 15.1. The summed E-state index contributed by atoms with van der Waals surface area (Å²) in [6, 6.07) is 17.6. The molecule has 0 radical (unpaired) electrons. The molecule has 1 aliphatic carbocycles. The van der Waals surface area contributed by atoms with Crippen LogP contribution in [0, 0.1) is 17.6 Å². The first kappa shape index (κ1) is 23.9. The topological polar surface area (TPSA) is 35.5 Å². The Bertz CT molecular complexity index is 1130. The SMILES string of the molecule is COC(=O)C(C)Oc1ccc(-c2ccc(-c3ccc(C4CCC(C)CC4)cc3)c(F)c2F)cc1. The van der Waals surface area contributed by atoms with Gasteiger partial charge in [-0.25, -0.2) is 13.6 Å². The summed E-state index contributed by atoms with van der Waals surface area (Å²) in [7, 11) is 1.29. The van der Waals surface area contributed by atoms with Crippen molar-refractivity contribution in [1.82, 2.24) is 0 Å². The van der Waals surface area contributed by atoms with Crippen LogP contribution in [0.25, 0.3) is 22.3 Å². The van der Waals surface area contributed by atoms with Crippen LogP contribution in [0.5, 0.6) is 5.75 Å². The third-order valence-electron chi connectivity index (χ3n) is 6.80. The molecule has 34 heavy (non-hydrogen) atoms. The van der Waals surface area contributed by atoms with Crippen molar-refractivity contribution in [2.24, 2.45) is 5.92 Å². The van der Waals surface area contributed by atoms with Crippen molar-refractivity contribution < 1.29 is 23.0 Å². The van der Waals surface area contributed by atoms with E-state index in [9.17, 15) is 4.79 Å². The molecule has 0 spiro atoms. The summed E-state index contributed by atoms with van der Waals surface area (Å²) in [6.07, 6.45) is 4.08. The summed E-state index contributed by atoms with van der Waals surface area (Å²) < 4.78 is 40.2. The first-order valence-electron chi connectivity index (χ1n) is 11.8. The first-order chi connectivity index (χ1) is 16.4. The normalized spacial score (nSPS) is 18.9. The summed E-state index contributed by atoms with van der Waals surface area (Å²) in [6.45, 7) is 3.88. The minimum atomic E-state index is -0.889. The zero-order valence-corrected chi connectivity index (χ0v) is 19.8. The largest absolute Gasteiger partial charge is 0.479 e. The average Bonchev–Trinajstić information content (AvgIpc) is 2.86. The monoisotopic (exact) mass is 464 g/mol. The van der Waals surface area contributed by atoms with Gasteiger partial charge in [-0.1, -0.05) is 68.3 Å². The molecule has 3 nitrogen and oxygen atoms in total. The fraction of sp³-hybridized carbons (Fsp3) is 0.345. The smallest absolute Gasteiger partial charge is 0.346 e. The van der Waals surface area contributed by atoms with Crippen LogP contribution in [0.3, 0.4) is 0 Å². The van der Waals surface area contributed by atoms with Gasteiger partial charge in [-0.15, -0.1) is 0 Å². The standard InChI is InChI=1S/C29H30F2O3/c1-18-4-6-20(7-5-18)21-8-10-22(11-9-21)25-16-17-26(28(31)27(25)30)23-12-14-24(15-13-23)34-19(2)29(32)33-3/h8-20H,4-7H2,1-3H3. The van der Waals surface area contributed by atoms with Crippen LogP contribution in [-0.2, 0) is 9.53 Å². The van der Waals surface area contributed by atoms with Crippen molar-refractivity contribution in [3.05, 3.63) is 77.9 Å². The zero-order valence-electron chi connectivity index (χ0n) is 19.8. The Kier molecular flexibility index (Phi) is 7.30. The van der Waals surface area contributed by atoms with E-state index in [2.05, 4.69) is 23.8 Å². The molecule has 1 saturated carbocycles. The number of methoxy groups -OCH3 is 1. The van der Waals surface area contributed by atoms with Gasteiger partial charge < -0.3 is 9.47 Å². The van der Waals surface area contributed by atoms with E-state index >= 15 is 8.78 Å². The lowest BCUT2D eigenvalue weighted by atomic mass is 9.79. The van der Waals surface area contributed by atoms with E-state index in [1.165, 1.54) is 38.4 Å². The van der Waals surface area contributed by atoms with E-state index in [1.807, 2.05) is 12.1 Å². The molecule has 0 aliphatic heterocycles. The average molecular weight is 465 g/mol. The Hall–Kier alpha value is -3.21. The second-order valence-corrected chi connectivity index (χ2v) is 9.18. The van der Waals surface area contributed by atoms with Gasteiger partial charge in [0.15, 0.2) is 17.7 Å². The molecule has 3 aromatic rings. The molecule has 4 rings (SSSR count). The Morgan fingerprint density at radius 3 is 1.82 bits per heavy atom. The van der Waals surface area contributed by atoms with Gasteiger partial charge in [-0.05, 0) is 60.4 Å². The predicted molar refractivity (Wildman–Crippen MR) is 130 cm³/mol. The van der Waals surface area contributed by atoms with Crippen LogP contribution in [0.2, 0.25) is 0 Å². The van der Waals surface area contributed by atoms with Crippen molar-refractivity contribution in [1.29, 1.82) is 0 Å². The molecule has 1 aliphatic rings. The Labute approximate surface area is 199 Å². The Balaban J connectivity index is 1.51. The number of ether oxygens (including phenoxy) is 2. The number of benzene rings is 3. The Morgan fingerprint density at radius 2 is 1.32 bits per heavy atom. The highest BCUT2D eigenvalue weighted by atomic mass is 19.2. The zero-order chi connectivity index (χ0) is 24.2. The molecule has 3 aromatic carbocycles. The molecule has 0 N–H and O–H groups in total. The van der Waals surface area contributed by atoms with Gasteiger partial charge in [0.1, 0.15) is 5.75 Å². The lowest BCUT2D eigenvalue weighted by Crippen LogP contribution is -2.24. The lowest BCUT2D eigenvalue weighted by molar-refractivity contribution is -0.147. The summed E-state index contributed by atoms with van der Waals surface area (Å²) in [5.41, 5.74) is 2.87. The third kappa shape index (κ3) is 5.14. The van der Waals surface area contributed by atoms with Crippen LogP contribution < -0.4 is 4.74 Å². The van der Waals surface area contributed by atoms with Crippen molar-refractivity contribution in [2.45, 2.75) is 51.6 Å². The fourth-order valence-electron chi connectivity index (χ4n) is 4.65. The van der Waals surface area contributed by atoms with E-state index in [-0.39, 0.29) is 11.1 Å². The highest BCUT2D eigenvalue weighted by Crippen LogP contribution is 2.37. The van der Waals surface area contributed by atoms with Crippen molar-refractivity contribution >= 4 is 5.97 Å². The molecular formula is C29H30F2O3. The molecule has 0 bridgehead atoms. The van der Waals surface area contributed by atoms with Crippen LogP contribution in [0.4, 0.5) is 8.78 Å². The summed E-state index contributed by atoms with van der Waals surface area (Å²) in [5.74, 6) is -0.466. The van der Waals surface area contributed by atoms with Crippen LogP contribution in [-0.4, -0.2) is 19.2 Å². The van der Waals surface area contributed by atoms with Crippen molar-refractivity contribution in [2.75, 3.05) is 7.11 Å². The van der Waals surface area contributed by atoms with Gasteiger partial charge in [-0.3, -0.25) is 0 Å². The van der Waals surface area contributed by atoms with Gasteiger partial charge in [-0.2, -0.15) is 0 Å². The van der Waals surface area contributed by atoms with Gasteiger partial charge in [0.2, 0.25) is 0 Å². The number of rotatable bonds is 6. The van der Waals surface area contributed by atoms with Gasteiger partial charge in [0.05, 0.1) is 7.11 Å². The maximum Gasteiger partial charge on any atom is 0.346 e. The molecule has 1 unspecified atom stereocenters. The van der Waals surface area contributed by atoms with Gasteiger partial charge in [0, 0.05) is 11.1 Å². The molecule has 0 amide bonds. The number of halogens is 2. The van der Waals surface area contributed by atoms with Crippen LogP contribution in [0.15, 0.2) is 60.7 Å². The molecule has 0 heterocycles. The summed E-state index contributed by atoms with van der Waals surface area (Å²) >= 11 is 0. The van der Waals surface area contributed by atoms with E-state index in [1.54, 1.807) is 43.3 Å². The van der Waals surface area contributed by atoms with Crippen molar-refractivity contribution in [3.63, 3.8) is 0 Å². The molecule has 178 valence electrons. The molecule has 5 heteroatoms. The minimum absolute atomic E-state index is 0.168. The highest BCUT2D eigenvalue weighted by Gasteiger charge is 2.21. The van der Waals surface area contributed by atoms with Gasteiger partial charge >= 0.3 is 5.97 Å². The third-order valence-corrected chi connectivity index (χ3v) is 6.80. The van der Waals surface area contributed by atoms with Gasteiger partial charge in [0.25, 0.3) is 0 Å². The van der Waals surface area contributed by atoms with Crippen LogP contribution >= 0.6 is 0 Å². The van der Waals surface area contributed by atoms with E-state index in [4.69, 9.17) is 4.74 Å². The fourth-order valence-corrected chi connectivity index (χ4v) is 4.65. The molecule has 1 fully saturated rings. The Morgan fingerprint density at radius 1 is 0.824 bits per heavy atom.